The Bertz CT molecular complexity index is 756. The van der Waals surface area contributed by atoms with Crippen LogP contribution < -0.4 is 14.2 Å². The van der Waals surface area contributed by atoms with Crippen molar-refractivity contribution in [2.75, 3.05) is 14.2 Å². The number of hydrogen-bond donors (Lipinski definition) is 2. The Morgan fingerprint density at radius 1 is 0.962 bits per heavy atom. The normalized spacial score (nSPS) is 17.7. The van der Waals surface area contributed by atoms with E-state index in [9.17, 15) is 10.2 Å². The van der Waals surface area contributed by atoms with Crippen molar-refractivity contribution in [1.82, 2.24) is 0 Å². The van der Waals surface area contributed by atoms with Crippen LogP contribution in [-0.4, -0.2) is 30.5 Å². The van der Waals surface area contributed by atoms with Crippen molar-refractivity contribution < 1.29 is 24.4 Å². The zero-order chi connectivity index (χ0) is 18.5. The molecule has 0 spiro atoms. The molecule has 5 heteroatoms. The Balaban J connectivity index is 2.03. The summed E-state index contributed by atoms with van der Waals surface area (Å²) in [7, 11) is 3.11. The first kappa shape index (κ1) is 18.4. The summed E-state index contributed by atoms with van der Waals surface area (Å²) in [6.45, 7) is 0. The van der Waals surface area contributed by atoms with Gasteiger partial charge in [0.25, 0.3) is 0 Å². The molecule has 0 fully saturated rings. The lowest BCUT2D eigenvalue weighted by molar-refractivity contribution is 0.151. The minimum atomic E-state index is -0.323. The molecule has 2 aromatic carbocycles. The number of ether oxygens (including phenoxy) is 3. The molecule has 140 valence electrons. The van der Waals surface area contributed by atoms with Gasteiger partial charge in [-0.05, 0) is 61.4 Å². The fraction of sp³-hybridized carbons (Fsp3) is 0.429. The van der Waals surface area contributed by atoms with E-state index >= 15 is 0 Å². The van der Waals surface area contributed by atoms with Crippen molar-refractivity contribution in [3.8, 4) is 28.7 Å². The molecule has 2 N–H and O–H groups in total. The van der Waals surface area contributed by atoms with Gasteiger partial charge in [0.1, 0.15) is 0 Å². The standard InChI is InChI=1S/C21H26O5/c1-24-17-11-8-14-7-10-16(22)6-4-3-5-15-9-12-18(26-19(17)13-14)21(25-2)20(15)23/h8-9,11-13,16,22-23H,3-7,10H2,1-2H3/t16-/m0/s1. The Hall–Kier alpha value is -2.40. The number of fused-ring (bicyclic) bond motifs is 8. The summed E-state index contributed by atoms with van der Waals surface area (Å²) in [5.41, 5.74) is 1.88. The van der Waals surface area contributed by atoms with Crippen LogP contribution in [0.15, 0.2) is 30.3 Å². The fourth-order valence-electron chi connectivity index (χ4n) is 3.32. The second-order valence-electron chi connectivity index (χ2n) is 6.63. The summed E-state index contributed by atoms with van der Waals surface area (Å²) in [5, 5.41) is 20.8. The predicted molar refractivity (Wildman–Crippen MR) is 99.6 cm³/mol. The van der Waals surface area contributed by atoms with E-state index in [4.69, 9.17) is 14.2 Å². The minimum Gasteiger partial charge on any atom is -0.504 e. The number of aliphatic hydroxyl groups excluding tert-OH is 1. The predicted octanol–water partition coefficient (Wildman–Crippen LogP) is 4.22. The lowest BCUT2D eigenvalue weighted by Crippen LogP contribution is -2.08. The highest BCUT2D eigenvalue weighted by Crippen LogP contribution is 2.43. The Morgan fingerprint density at radius 3 is 2.58 bits per heavy atom. The molecule has 2 heterocycles. The second-order valence-corrected chi connectivity index (χ2v) is 6.63. The summed E-state index contributed by atoms with van der Waals surface area (Å²) in [5.74, 6) is 2.03. The highest BCUT2D eigenvalue weighted by Gasteiger charge is 2.18. The molecule has 26 heavy (non-hydrogen) atoms. The van der Waals surface area contributed by atoms with Crippen LogP contribution in [0.3, 0.4) is 0 Å². The number of aryl methyl sites for hydroxylation is 2. The Kier molecular flexibility index (Phi) is 5.89. The molecular formula is C21H26O5. The molecular weight excluding hydrogens is 332 g/mol. The van der Waals surface area contributed by atoms with Crippen molar-refractivity contribution in [3.05, 3.63) is 41.5 Å². The lowest BCUT2D eigenvalue weighted by atomic mass is 10.0. The summed E-state index contributed by atoms with van der Waals surface area (Å²) in [4.78, 5) is 0. The van der Waals surface area contributed by atoms with Crippen LogP contribution >= 0.6 is 0 Å². The molecule has 0 saturated heterocycles. The maximum atomic E-state index is 10.6. The average molecular weight is 358 g/mol. The van der Waals surface area contributed by atoms with Gasteiger partial charge in [-0.25, -0.2) is 0 Å². The molecule has 2 aliphatic rings. The number of phenols is 1. The van der Waals surface area contributed by atoms with Gasteiger partial charge in [0.15, 0.2) is 23.0 Å². The van der Waals surface area contributed by atoms with Gasteiger partial charge in [-0.3, -0.25) is 0 Å². The zero-order valence-corrected chi connectivity index (χ0v) is 15.3. The van der Waals surface area contributed by atoms with Crippen molar-refractivity contribution >= 4 is 0 Å². The third-order valence-corrected chi connectivity index (χ3v) is 4.83. The summed E-state index contributed by atoms with van der Waals surface area (Å²) in [6, 6.07) is 9.42. The van der Waals surface area contributed by atoms with Crippen LogP contribution in [0.5, 0.6) is 28.7 Å². The SMILES string of the molecule is COc1ccc2cc1Oc1ccc(c(O)c1OC)CCCC[C@H](O)CC2. The molecule has 0 aromatic heterocycles. The number of rotatable bonds is 2. The maximum absolute atomic E-state index is 10.6. The van der Waals surface area contributed by atoms with Gasteiger partial charge >= 0.3 is 0 Å². The number of benzene rings is 2. The third-order valence-electron chi connectivity index (χ3n) is 4.83. The van der Waals surface area contributed by atoms with Gasteiger partial charge in [-0.2, -0.15) is 0 Å². The molecule has 0 aliphatic carbocycles. The van der Waals surface area contributed by atoms with Gasteiger partial charge in [0.2, 0.25) is 5.75 Å². The van der Waals surface area contributed by atoms with Crippen LogP contribution in [0.1, 0.15) is 36.8 Å². The first-order valence-electron chi connectivity index (χ1n) is 9.04. The number of hydrogen-bond acceptors (Lipinski definition) is 5. The summed E-state index contributed by atoms with van der Waals surface area (Å²) in [6.07, 6.45) is 4.45. The second kappa shape index (κ2) is 8.32. The molecule has 1 atom stereocenters. The molecule has 4 bridgehead atoms. The first-order chi connectivity index (χ1) is 12.6. The van der Waals surface area contributed by atoms with Gasteiger partial charge in [0.05, 0.1) is 20.3 Å². The van der Waals surface area contributed by atoms with Crippen molar-refractivity contribution in [1.29, 1.82) is 0 Å². The zero-order valence-electron chi connectivity index (χ0n) is 15.3. The van der Waals surface area contributed by atoms with Crippen LogP contribution in [0.4, 0.5) is 0 Å². The average Bonchev–Trinajstić information content (AvgIpc) is 2.65. The minimum absolute atomic E-state index is 0.107. The Labute approximate surface area is 154 Å². The Morgan fingerprint density at radius 2 is 1.81 bits per heavy atom. The molecule has 2 aliphatic heterocycles. The van der Waals surface area contributed by atoms with Gasteiger partial charge in [-0.1, -0.05) is 18.6 Å². The fourth-order valence-corrected chi connectivity index (χ4v) is 3.32. The number of aromatic hydroxyl groups is 1. The van der Waals surface area contributed by atoms with E-state index in [0.717, 1.165) is 43.2 Å². The van der Waals surface area contributed by atoms with E-state index < -0.39 is 0 Å². The molecule has 2 aromatic rings. The van der Waals surface area contributed by atoms with Crippen LogP contribution in [0.2, 0.25) is 0 Å². The number of aliphatic hydroxyl groups is 1. The topological polar surface area (TPSA) is 68.2 Å². The van der Waals surface area contributed by atoms with Crippen LogP contribution in [-0.2, 0) is 12.8 Å². The van der Waals surface area contributed by atoms with E-state index in [1.165, 1.54) is 7.11 Å². The summed E-state index contributed by atoms with van der Waals surface area (Å²) >= 11 is 0. The molecule has 5 nitrogen and oxygen atoms in total. The number of methoxy groups -OCH3 is 2. The summed E-state index contributed by atoms with van der Waals surface area (Å²) < 4.78 is 16.8. The molecule has 4 rings (SSSR count). The van der Waals surface area contributed by atoms with E-state index in [0.29, 0.717) is 29.4 Å². The van der Waals surface area contributed by atoms with E-state index in [-0.39, 0.29) is 11.9 Å². The van der Waals surface area contributed by atoms with E-state index in [1.807, 2.05) is 30.3 Å². The third kappa shape index (κ3) is 4.05. The monoisotopic (exact) mass is 358 g/mol. The van der Waals surface area contributed by atoms with Crippen molar-refractivity contribution in [3.63, 3.8) is 0 Å². The van der Waals surface area contributed by atoms with Crippen LogP contribution in [0.25, 0.3) is 0 Å². The molecule has 0 saturated carbocycles. The van der Waals surface area contributed by atoms with Gasteiger partial charge in [0, 0.05) is 0 Å². The van der Waals surface area contributed by atoms with E-state index in [1.54, 1.807) is 7.11 Å². The maximum Gasteiger partial charge on any atom is 0.203 e. The van der Waals surface area contributed by atoms with Crippen molar-refractivity contribution in [2.24, 2.45) is 0 Å². The van der Waals surface area contributed by atoms with Crippen molar-refractivity contribution in [2.45, 2.75) is 44.6 Å². The van der Waals surface area contributed by atoms with Gasteiger partial charge < -0.3 is 24.4 Å². The number of phenolic OH excluding ortho intramolecular Hbond substituents is 1. The molecule has 0 unspecified atom stereocenters. The largest absolute Gasteiger partial charge is 0.504 e. The molecule has 0 radical (unpaired) electrons. The first-order valence-corrected chi connectivity index (χ1v) is 9.04. The lowest BCUT2D eigenvalue weighted by Gasteiger charge is -2.16. The molecule has 0 amide bonds. The van der Waals surface area contributed by atoms with Crippen LogP contribution in [0, 0.1) is 0 Å². The smallest absolute Gasteiger partial charge is 0.203 e. The highest BCUT2D eigenvalue weighted by molar-refractivity contribution is 5.57. The van der Waals surface area contributed by atoms with Gasteiger partial charge in [-0.15, -0.1) is 0 Å². The van der Waals surface area contributed by atoms with E-state index in [2.05, 4.69) is 0 Å². The highest BCUT2D eigenvalue weighted by atomic mass is 16.5. The quantitative estimate of drug-likeness (QED) is 0.841.